The number of hydrogen-bond donors (Lipinski definition) is 2. The van der Waals surface area contributed by atoms with Gasteiger partial charge in [-0.05, 0) is 26.0 Å². The van der Waals surface area contributed by atoms with Gasteiger partial charge in [0.05, 0.1) is 0 Å². The van der Waals surface area contributed by atoms with Crippen molar-refractivity contribution in [2.75, 3.05) is 25.5 Å². The maximum atomic E-state index is 12.1. The standard InChI is InChI=1S/C15H25N5OS/c1-10(11-6-8-20(5)9-7-11)16-13(21)18-14-17-12(19-22-14)15(2,3)4/h6,10H,7-9H2,1-5H3,(H2,16,17,18,19,21)/t10-/m0/s1. The van der Waals surface area contributed by atoms with E-state index in [1.807, 2.05) is 27.7 Å². The predicted molar refractivity (Wildman–Crippen MR) is 90.4 cm³/mol. The molecule has 22 heavy (non-hydrogen) atoms. The highest BCUT2D eigenvalue weighted by molar-refractivity contribution is 7.09. The Morgan fingerprint density at radius 3 is 2.73 bits per heavy atom. The summed E-state index contributed by atoms with van der Waals surface area (Å²) in [5.41, 5.74) is 1.17. The van der Waals surface area contributed by atoms with E-state index in [0.717, 1.165) is 25.3 Å². The molecule has 0 aliphatic carbocycles. The third kappa shape index (κ3) is 4.51. The van der Waals surface area contributed by atoms with Crippen LogP contribution in [0.5, 0.6) is 0 Å². The van der Waals surface area contributed by atoms with Crippen molar-refractivity contribution in [2.45, 2.75) is 45.6 Å². The monoisotopic (exact) mass is 323 g/mol. The Kier molecular flexibility index (Phi) is 5.18. The van der Waals surface area contributed by atoms with E-state index in [9.17, 15) is 4.79 Å². The number of nitrogens with zero attached hydrogens (tertiary/aromatic N) is 3. The number of hydrogen-bond acceptors (Lipinski definition) is 5. The van der Waals surface area contributed by atoms with Crippen molar-refractivity contribution >= 4 is 22.7 Å². The first-order valence-corrected chi connectivity index (χ1v) is 8.32. The molecule has 0 saturated heterocycles. The van der Waals surface area contributed by atoms with Gasteiger partial charge in [-0.15, -0.1) is 0 Å². The van der Waals surface area contributed by atoms with Gasteiger partial charge < -0.3 is 10.2 Å². The highest BCUT2D eigenvalue weighted by atomic mass is 32.1. The summed E-state index contributed by atoms with van der Waals surface area (Å²) < 4.78 is 4.29. The normalized spacial score (nSPS) is 17.8. The molecule has 122 valence electrons. The Balaban J connectivity index is 1.89. The Bertz CT molecular complexity index is 561. The molecule has 0 aromatic carbocycles. The van der Waals surface area contributed by atoms with Crippen molar-refractivity contribution < 1.29 is 4.79 Å². The predicted octanol–water partition coefficient (Wildman–Crippen LogP) is 2.61. The molecular weight excluding hydrogens is 298 g/mol. The molecule has 0 radical (unpaired) electrons. The second kappa shape index (κ2) is 6.75. The molecule has 2 N–H and O–H groups in total. The van der Waals surface area contributed by atoms with Gasteiger partial charge in [-0.2, -0.15) is 4.37 Å². The Morgan fingerprint density at radius 2 is 2.18 bits per heavy atom. The van der Waals surface area contributed by atoms with Crippen LogP contribution >= 0.6 is 11.5 Å². The molecule has 2 amide bonds. The number of amides is 2. The first kappa shape index (κ1) is 16.9. The molecular formula is C15H25N5OS. The molecule has 1 aromatic rings. The van der Waals surface area contributed by atoms with Crippen molar-refractivity contribution in [3.63, 3.8) is 0 Å². The van der Waals surface area contributed by atoms with Crippen LogP contribution < -0.4 is 10.6 Å². The van der Waals surface area contributed by atoms with Gasteiger partial charge in [0, 0.05) is 36.1 Å². The highest BCUT2D eigenvalue weighted by Crippen LogP contribution is 2.22. The molecule has 1 aromatic heterocycles. The topological polar surface area (TPSA) is 70.1 Å². The lowest BCUT2D eigenvalue weighted by Gasteiger charge is -2.26. The molecule has 7 heteroatoms. The number of aromatic nitrogens is 2. The lowest BCUT2D eigenvalue weighted by atomic mass is 9.96. The molecule has 2 rings (SSSR count). The van der Waals surface area contributed by atoms with E-state index in [0.29, 0.717) is 5.13 Å². The lowest BCUT2D eigenvalue weighted by molar-refractivity contribution is 0.249. The van der Waals surface area contributed by atoms with Crippen LogP contribution in [0.4, 0.5) is 9.93 Å². The average Bonchev–Trinajstić information content (AvgIpc) is 2.87. The minimum atomic E-state index is -0.232. The number of urea groups is 1. The van der Waals surface area contributed by atoms with Gasteiger partial charge in [0.25, 0.3) is 0 Å². The fourth-order valence-corrected chi connectivity index (χ4v) is 2.93. The van der Waals surface area contributed by atoms with Gasteiger partial charge in [0.1, 0.15) is 5.82 Å². The molecule has 0 unspecified atom stereocenters. The lowest BCUT2D eigenvalue weighted by Crippen LogP contribution is -2.39. The van der Waals surface area contributed by atoms with Crippen molar-refractivity contribution in [3.8, 4) is 0 Å². The molecule has 6 nitrogen and oxygen atoms in total. The summed E-state index contributed by atoms with van der Waals surface area (Å²) in [6.07, 6.45) is 3.18. The van der Waals surface area contributed by atoms with Crippen molar-refractivity contribution in [3.05, 3.63) is 17.5 Å². The summed E-state index contributed by atoms with van der Waals surface area (Å²) in [4.78, 5) is 18.7. The molecule has 1 atom stereocenters. The van der Waals surface area contributed by atoms with Gasteiger partial charge in [-0.3, -0.25) is 5.32 Å². The van der Waals surface area contributed by atoms with Crippen molar-refractivity contribution in [1.82, 2.24) is 19.6 Å². The Hall–Kier alpha value is -1.47. The van der Waals surface area contributed by atoms with Crippen LogP contribution in [-0.4, -0.2) is 46.5 Å². The van der Waals surface area contributed by atoms with Crippen LogP contribution in [0, 0.1) is 0 Å². The zero-order chi connectivity index (χ0) is 16.3. The van der Waals surface area contributed by atoms with Crippen molar-refractivity contribution in [1.29, 1.82) is 0 Å². The van der Waals surface area contributed by atoms with Gasteiger partial charge in [0.15, 0.2) is 0 Å². The number of likely N-dealkylation sites (N-methyl/N-ethyl adjacent to an activating group) is 1. The number of anilines is 1. The van der Waals surface area contributed by atoms with E-state index < -0.39 is 0 Å². The van der Waals surface area contributed by atoms with Crippen LogP contribution in [0.15, 0.2) is 11.6 Å². The first-order chi connectivity index (χ1) is 10.3. The SMILES string of the molecule is C[C@H](NC(=O)Nc1nc(C(C)(C)C)ns1)C1=CCN(C)CC1. The third-order valence-electron chi connectivity index (χ3n) is 3.67. The molecule has 1 aliphatic rings. The van der Waals surface area contributed by atoms with Gasteiger partial charge in [0.2, 0.25) is 5.13 Å². The van der Waals surface area contributed by atoms with E-state index >= 15 is 0 Å². The fourth-order valence-electron chi connectivity index (χ4n) is 2.18. The zero-order valence-electron chi connectivity index (χ0n) is 13.9. The van der Waals surface area contributed by atoms with Crippen LogP contribution in [-0.2, 0) is 5.41 Å². The molecule has 0 bridgehead atoms. The maximum Gasteiger partial charge on any atom is 0.321 e. The first-order valence-electron chi connectivity index (χ1n) is 7.55. The molecule has 0 saturated carbocycles. The Labute approximate surface area is 136 Å². The quantitative estimate of drug-likeness (QED) is 0.839. The van der Waals surface area contributed by atoms with Gasteiger partial charge >= 0.3 is 6.03 Å². The number of carbonyl (C=O) groups excluding carboxylic acids is 1. The summed E-state index contributed by atoms with van der Waals surface area (Å²) in [5.74, 6) is 0.749. The second-order valence-corrected chi connectivity index (χ2v) is 7.54. The average molecular weight is 323 g/mol. The van der Waals surface area contributed by atoms with Gasteiger partial charge in [-0.25, -0.2) is 9.78 Å². The summed E-state index contributed by atoms with van der Waals surface area (Å²) in [6, 6.07) is -0.201. The minimum Gasteiger partial charge on any atom is -0.332 e. The van der Waals surface area contributed by atoms with Crippen LogP contribution in [0.3, 0.4) is 0 Å². The van der Waals surface area contributed by atoms with Crippen molar-refractivity contribution in [2.24, 2.45) is 0 Å². The summed E-state index contributed by atoms with van der Waals surface area (Å²) in [7, 11) is 2.10. The van der Waals surface area contributed by atoms with E-state index in [1.165, 1.54) is 17.1 Å². The minimum absolute atomic E-state index is 0.0312. The fraction of sp³-hybridized carbons (Fsp3) is 0.667. The van der Waals surface area contributed by atoms with E-state index in [-0.39, 0.29) is 17.5 Å². The maximum absolute atomic E-state index is 12.1. The van der Waals surface area contributed by atoms with E-state index in [1.54, 1.807) is 0 Å². The third-order valence-corrected chi connectivity index (χ3v) is 4.30. The van der Waals surface area contributed by atoms with E-state index in [2.05, 4.69) is 38.0 Å². The Morgan fingerprint density at radius 1 is 1.45 bits per heavy atom. The number of rotatable bonds is 3. The second-order valence-electron chi connectivity index (χ2n) is 6.78. The molecule has 0 spiro atoms. The number of carbonyl (C=O) groups is 1. The molecule has 2 heterocycles. The molecule has 0 fully saturated rings. The highest BCUT2D eigenvalue weighted by Gasteiger charge is 2.21. The molecule has 1 aliphatic heterocycles. The van der Waals surface area contributed by atoms with Gasteiger partial charge in [-0.1, -0.05) is 26.8 Å². The van der Waals surface area contributed by atoms with Crippen LogP contribution in [0.25, 0.3) is 0 Å². The summed E-state index contributed by atoms with van der Waals surface area (Å²) in [6.45, 7) is 10.1. The largest absolute Gasteiger partial charge is 0.332 e. The summed E-state index contributed by atoms with van der Waals surface area (Å²) in [5, 5.41) is 6.27. The number of nitrogens with one attached hydrogen (secondary N) is 2. The van der Waals surface area contributed by atoms with Crippen LogP contribution in [0.2, 0.25) is 0 Å². The smallest absolute Gasteiger partial charge is 0.321 e. The van der Waals surface area contributed by atoms with Crippen LogP contribution in [0.1, 0.15) is 39.9 Å². The summed E-state index contributed by atoms with van der Waals surface area (Å²) >= 11 is 1.21. The van der Waals surface area contributed by atoms with E-state index in [4.69, 9.17) is 0 Å². The zero-order valence-corrected chi connectivity index (χ0v) is 14.8.